The van der Waals surface area contributed by atoms with Gasteiger partial charge in [0.05, 0.1) is 6.54 Å². The first kappa shape index (κ1) is 17.4. The molecule has 0 spiro atoms. The number of nitrogens with zero attached hydrogens (tertiary/aromatic N) is 1. The number of fused-ring (bicyclic) bond motifs is 2. The van der Waals surface area contributed by atoms with Crippen molar-refractivity contribution in [3.8, 4) is 11.5 Å². The van der Waals surface area contributed by atoms with E-state index in [9.17, 15) is 4.79 Å². The fourth-order valence-corrected chi connectivity index (χ4v) is 3.57. The molecule has 0 saturated heterocycles. The van der Waals surface area contributed by atoms with Gasteiger partial charge >= 0.3 is 0 Å². The molecule has 5 nitrogen and oxygen atoms in total. The molecular weight excluding hydrogens is 366 g/mol. The second-order valence-electron chi connectivity index (χ2n) is 6.95. The van der Waals surface area contributed by atoms with Crippen LogP contribution in [0.5, 0.6) is 11.5 Å². The molecule has 0 bridgehead atoms. The van der Waals surface area contributed by atoms with Gasteiger partial charge in [-0.15, -0.1) is 0 Å². The smallest absolute Gasteiger partial charge is 0.290 e. The van der Waals surface area contributed by atoms with E-state index in [2.05, 4.69) is 0 Å². The topological polar surface area (TPSA) is 51.9 Å². The zero-order valence-corrected chi connectivity index (χ0v) is 15.7. The van der Waals surface area contributed by atoms with E-state index in [0.29, 0.717) is 35.9 Å². The highest BCUT2D eigenvalue weighted by Gasteiger charge is 2.24. The molecular formula is C24H19NO4. The molecule has 29 heavy (non-hydrogen) atoms. The Balaban J connectivity index is 1.49. The van der Waals surface area contributed by atoms with Crippen molar-refractivity contribution >= 4 is 16.9 Å². The molecule has 0 atom stereocenters. The molecule has 0 aliphatic carbocycles. The normalized spacial score (nSPS) is 12.3. The molecule has 5 rings (SSSR count). The van der Waals surface area contributed by atoms with E-state index in [0.717, 1.165) is 16.5 Å². The van der Waals surface area contributed by atoms with Crippen molar-refractivity contribution in [3.05, 3.63) is 95.7 Å². The van der Waals surface area contributed by atoms with Crippen LogP contribution >= 0.6 is 0 Å². The van der Waals surface area contributed by atoms with E-state index in [1.807, 2.05) is 72.8 Å². The maximum absolute atomic E-state index is 13.4. The fraction of sp³-hybridized carbons (Fsp3) is 0.125. The van der Waals surface area contributed by atoms with Crippen molar-refractivity contribution in [3.63, 3.8) is 0 Å². The minimum Gasteiger partial charge on any atom is -0.454 e. The lowest BCUT2D eigenvalue weighted by atomic mass is 10.1. The van der Waals surface area contributed by atoms with E-state index in [1.165, 1.54) is 0 Å². The van der Waals surface area contributed by atoms with E-state index in [1.54, 1.807) is 11.0 Å². The number of hydrogen-bond donors (Lipinski definition) is 0. The third-order valence-corrected chi connectivity index (χ3v) is 4.98. The average molecular weight is 385 g/mol. The average Bonchev–Trinajstić information content (AvgIpc) is 3.41. The maximum atomic E-state index is 13.4. The summed E-state index contributed by atoms with van der Waals surface area (Å²) in [6.45, 7) is 1.04. The fourth-order valence-electron chi connectivity index (χ4n) is 3.57. The summed E-state index contributed by atoms with van der Waals surface area (Å²) in [5.41, 5.74) is 2.65. The van der Waals surface area contributed by atoms with Gasteiger partial charge in [0, 0.05) is 17.5 Å². The summed E-state index contributed by atoms with van der Waals surface area (Å²) >= 11 is 0. The van der Waals surface area contributed by atoms with Crippen molar-refractivity contribution in [1.82, 2.24) is 4.90 Å². The molecule has 5 heteroatoms. The molecule has 0 unspecified atom stereocenters. The van der Waals surface area contributed by atoms with Crippen LogP contribution in [0.15, 0.2) is 83.3 Å². The number of carbonyl (C=O) groups is 1. The van der Waals surface area contributed by atoms with Gasteiger partial charge in [-0.2, -0.15) is 0 Å². The molecule has 0 fully saturated rings. The van der Waals surface area contributed by atoms with Gasteiger partial charge in [-0.05, 0) is 23.8 Å². The highest BCUT2D eigenvalue weighted by Crippen LogP contribution is 2.36. The van der Waals surface area contributed by atoms with E-state index < -0.39 is 0 Å². The molecule has 1 aromatic heterocycles. The van der Waals surface area contributed by atoms with Crippen LogP contribution in [0.2, 0.25) is 0 Å². The lowest BCUT2D eigenvalue weighted by Gasteiger charge is -2.22. The van der Waals surface area contributed by atoms with Crippen LogP contribution in [0.4, 0.5) is 0 Å². The van der Waals surface area contributed by atoms with Crippen molar-refractivity contribution in [2.24, 2.45) is 0 Å². The molecule has 0 N–H and O–H groups in total. The Kier molecular flexibility index (Phi) is 4.41. The SMILES string of the molecule is O=C(c1cc2ccccc2o1)N(Cc1ccccc1)Cc1cccc2c1OCO2. The second-order valence-corrected chi connectivity index (χ2v) is 6.95. The first-order valence-electron chi connectivity index (χ1n) is 9.47. The number of ether oxygens (including phenoxy) is 2. The zero-order valence-electron chi connectivity index (χ0n) is 15.7. The van der Waals surface area contributed by atoms with Gasteiger partial charge in [-0.1, -0.05) is 60.7 Å². The number of rotatable bonds is 5. The molecule has 1 amide bonds. The van der Waals surface area contributed by atoms with E-state index >= 15 is 0 Å². The highest BCUT2D eigenvalue weighted by molar-refractivity contribution is 5.96. The van der Waals surface area contributed by atoms with E-state index in [-0.39, 0.29) is 12.7 Å². The van der Waals surface area contributed by atoms with Crippen LogP contribution in [0.1, 0.15) is 21.7 Å². The molecule has 0 radical (unpaired) electrons. The predicted octanol–water partition coefficient (Wildman–Crippen LogP) is 5.00. The first-order chi connectivity index (χ1) is 14.3. The van der Waals surface area contributed by atoms with Crippen LogP contribution in [0, 0.1) is 0 Å². The Morgan fingerprint density at radius 3 is 2.55 bits per heavy atom. The Morgan fingerprint density at radius 2 is 1.69 bits per heavy atom. The monoisotopic (exact) mass is 385 g/mol. The number of benzene rings is 3. The van der Waals surface area contributed by atoms with Gasteiger partial charge in [0.25, 0.3) is 5.91 Å². The maximum Gasteiger partial charge on any atom is 0.290 e. The summed E-state index contributed by atoms with van der Waals surface area (Å²) in [5, 5.41) is 0.910. The van der Waals surface area contributed by atoms with Crippen molar-refractivity contribution in [2.45, 2.75) is 13.1 Å². The number of para-hydroxylation sites is 2. The number of carbonyl (C=O) groups excluding carboxylic acids is 1. The van der Waals surface area contributed by atoms with Crippen molar-refractivity contribution in [1.29, 1.82) is 0 Å². The predicted molar refractivity (Wildman–Crippen MR) is 109 cm³/mol. The Bertz CT molecular complexity index is 1130. The lowest BCUT2D eigenvalue weighted by Crippen LogP contribution is -2.30. The highest BCUT2D eigenvalue weighted by atomic mass is 16.7. The second kappa shape index (κ2) is 7.36. The first-order valence-corrected chi connectivity index (χ1v) is 9.47. The van der Waals surface area contributed by atoms with Gasteiger partial charge in [0.2, 0.25) is 6.79 Å². The standard InChI is InChI=1S/C24H19NO4/c26-24(22-13-18-9-4-5-11-20(18)29-22)25(14-17-7-2-1-3-8-17)15-19-10-6-12-21-23(19)28-16-27-21/h1-13H,14-16H2. The minimum atomic E-state index is -0.165. The third kappa shape index (κ3) is 3.43. The van der Waals surface area contributed by atoms with Crippen LogP contribution in [-0.2, 0) is 13.1 Å². The number of amides is 1. The molecule has 2 heterocycles. The van der Waals surface area contributed by atoms with Crippen molar-refractivity contribution in [2.75, 3.05) is 6.79 Å². The minimum absolute atomic E-state index is 0.165. The van der Waals surface area contributed by atoms with Crippen LogP contribution in [0.25, 0.3) is 11.0 Å². The summed E-state index contributed by atoms with van der Waals surface area (Å²) in [4.78, 5) is 15.2. The van der Waals surface area contributed by atoms with Gasteiger partial charge < -0.3 is 18.8 Å². The van der Waals surface area contributed by atoms with Gasteiger partial charge in [0.1, 0.15) is 5.58 Å². The summed E-state index contributed by atoms with van der Waals surface area (Å²) in [6, 6.07) is 25.1. The molecule has 4 aromatic rings. The Morgan fingerprint density at radius 1 is 0.862 bits per heavy atom. The van der Waals surface area contributed by atoms with Crippen LogP contribution in [0.3, 0.4) is 0 Å². The summed E-state index contributed by atoms with van der Waals surface area (Å²) in [7, 11) is 0. The molecule has 0 saturated carbocycles. The quantitative estimate of drug-likeness (QED) is 0.485. The molecule has 144 valence electrons. The molecule has 1 aliphatic heterocycles. The Hall–Kier alpha value is -3.73. The Labute approximate surface area is 168 Å². The van der Waals surface area contributed by atoms with Gasteiger partial charge in [0.15, 0.2) is 17.3 Å². The largest absolute Gasteiger partial charge is 0.454 e. The number of furan rings is 1. The summed E-state index contributed by atoms with van der Waals surface area (Å²) < 4.78 is 16.9. The summed E-state index contributed by atoms with van der Waals surface area (Å²) in [6.07, 6.45) is 0. The number of hydrogen-bond acceptors (Lipinski definition) is 4. The molecule has 1 aliphatic rings. The lowest BCUT2D eigenvalue weighted by molar-refractivity contribution is 0.0698. The van der Waals surface area contributed by atoms with E-state index in [4.69, 9.17) is 13.9 Å². The van der Waals surface area contributed by atoms with Crippen molar-refractivity contribution < 1.29 is 18.7 Å². The summed E-state index contributed by atoms with van der Waals surface area (Å²) in [5.74, 6) is 1.56. The zero-order chi connectivity index (χ0) is 19.6. The van der Waals surface area contributed by atoms with Crippen LogP contribution in [-0.4, -0.2) is 17.6 Å². The van der Waals surface area contributed by atoms with Gasteiger partial charge in [-0.3, -0.25) is 4.79 Å². The molecule has 3 aromatic carbocycles. The third-order valence-electron chi connectivity index (χ3n) is 4.98. The van der Waals surface area contributed by atoms with Crippen LogP contribution < -0.4 is 9.47 Å². The van der Waals surface area contributed by atoms with Gasteiger partial charge in [-0.25, -0.2) is 0 Å².